The van der Waals surface area contributed by atoms with Crippen LogP contribution in [0, 0.1) is 6.92 Å². The summed E-state index contributed by atoms with van der Waals surface area (Å²) in [5.74, 6) is 0. The van der Waals surface area contributed by atoms with Gasteiger partial charge in [-0.15, -0.1) is 34.8 Å². The van der Waals surface area contributed by atoms with E-state index in [2.05, 4.69) is 13.8 Å². The van der Waals surface area contributed by atoms with Crippen molar-refractivity contribution in [1.29, 1.82) is 0 Å². The van der Waals surface area contributed by atoms with Gasteiger partial charge in [-0.2, -0.15) is 0 Å². The predicted molar refractivity (Wildman–Crippen MR) is 63.0 cm³/mol. The van der Waals surface area contributed by atoms with Crippen molar-refractivity contribution in [2.45, 2.75) is 55.2 Å². The molecule has 3 atom stereocenters. The minimum Gasteiger partial charge on any atom is -0.123 e. The molecule has 0 saturated heterocycles. The van der Waals surface area contributed by atoms with Gasteiger partial charge in [-0.25, -0.2) is 0 Å². The van der Waals surface area contributed by atoms with Gasteiger partial charge in [0.2, 0.25) is 0 Å². The molecule has 0 saturated carbocycles. The topological polar surface area (TPSA) is 0 Å². The summed E-state index contributed by atoms with van der Waals surface area (Å²) < 4.78 is 0. The Bertz CT molecular complexity index is 115. The van der Waals surface area contributed by atoms with Gasteiger partial charge in [-0.3, -0.25) is 0 Å². The van der Waals surface area contributed by atoms with E-state index < -0.39 is 0 Å². The third kappa shape index (κ3) is 9.18. The molecule has 1 radical (unpaired) electrons. The van der Waals surface area contributed by atoms with Crippen LogP contribution in [-0.4, -0.2) is 16.1 Å². The van der Waals surface area contributed by atoms with Gasteiger partial charge in [-0.1, -0.05) is 19.8 Å². The molecule has 0 aromatic rings. The molecule has 79 valence electrons. The van der Waals surface area contributed by atoms with E-state index in [9.17, 15) is 0 Å². The minimum atomic E-state index is -0.0995. The summed E-state index contributed by atoms with van der Waals surface area (Å²) >= 11 is 17.9. The van der Waals surface area contributed by atoms with Crippen molar-refractivity contribution in [2.75, 3.05) is 0 Å². The van der Waals surface area contributed by atoms with Gasteiger partial charge in [0, 0.05) is 16.1 Å². The number of hydrogen-bond donors (Lipinski definition) is 0. The molecule has 0 aromatic carbocycles. The van der Waals surface area contributed by atoms with E-state index >= 15 is 0 Å². The maximum atomic E-state index is 6.09. The second kappa shape index (κ2) is 8.20. The van der Waals surface area contributed by atoms with Crippen LogP contribution in [0.1, 0.15) is 39.0 Å². The van der Waals surface area contributed by atoms with Gasteiger partial charge < -0.3 is 0 Å². The minimum absolute atomic E-state index is 0.0688. The molecule has 13 heavy (non-hydrogen) atoms. The second-order valence-electron chi connectivity index (χ2n) is 3.41. The molecular weight excluding hydrogens is 226 g/mol. The molecule has 0 aromatic heterocycles. The fraction of sp³-hybridized carbons (Fsp3) is 0.900. The van der Waals surface area contributed by atoms with Crippen molar-refractivity contribution < 1.29 is 0 Å². The van der Waals surface area contributed by atoms with Crippen LogP contribution in [-0.2, 0) is 0 Å². The van der Waals surface area contributed by atoms with E-state index in [4.69, 9.17) is 34.8 Å². The zero-order chi connectivity index (χ0) is 10.3. The fourth-order valence-electron chi connectivity index (χ4n) is 1.19. The van der Waals surface area contributed by atoms with Gasteiger partial charge >= 0.3 is 0 Å². The molecule has 0 N–H and O–H groups in total. The summed E-state index contributed by atoms with van der Waals surface area (Å²) in [6, 6.07) is 0. The third-order valence-electron chi connectivity index (χ3n) is 1.89. The lowest BCUT2D eigenvalue weighted by Gasteiger charge is -2.14. The van der Waals surface area contributed by atoms with Crippen LogP contribution < -0.4 is 0 Å². The summed E-state index contributed by atoms with van der Waals surface area (Å²) in [5.41, 5.74) is 0. The number of alkyl halides is 3. The van der Waals surface area contributed by atoms with E-state index in [1.54, 1.807) is 0 Å². The van der Waals surface area contributed by atoms with Gasteiger partial charge in [0.25, 0.3) is 0 Å². The Morgan fingerprint density at radius 1 is 1.08 bits per heavy atom. The largest absolute Gasteiger partial charge is 0.123 e. The van der Waals surface area contributed by atoms with Crippen LogP contribution in [0.3, 0.4) is 0 Å². The summed E-state index contributed by atoms with van der Waals surface area (Å²) in [6.07, 6.45) is 4.97. The van der Waals surface area contributed by atoms with E-state index in [-0.39, 0.29) is 16.1 Å². The summed E-state index contributed by atoms with van der Waals surface area (Å²) in [6.45, 7) is 5.85. The highest BCUT2D eigenvalue weighted by molar-refractivity contribution is 6.25. The van der Waals surface area contributed by atoms with Crippen LogP contribution in [0.4, 0.5) is 0 Å². The Kier molecular flexibility index (Phi) is 8.75. The fourth-order valence-corrected chi connectivity index (χ4v) is 2.39. The Hall–Kier alpha value is 0.870. The second-order valence-corrected chi connectivity index (χ2v) is 5.26. The quantitative estimate of drug-likeness (QED) is 0.574. The van der Waals surface area contributed by atoms with Crippen LogP contribution >= 0.6 is 34.8 Å². The maximum absolute atomic E-state index is 6.09. The van der Waals surface area contributed by atoms with Gasteiger partial charge in [0.1, 0.15) is 0 Å². The average molecular weight is 245 g/mol. The monoisotopic (exact) mass is 243 g/mol. The summed E-state index contributed by atoms with van der Waals surface area (Å²) in [4.78, 5) is 0. The highest BCUT2D eigenvalue weighted by Crippen LogP contribution is 2.21. The van der Waals surface area contributed by atoms with Crippen molar-refractivity contribution >= 4 is 34.8 Å². The molecule has 0 aliphatic carbocycles. The summed E-state index contributed by atoms with van der Waals surface area (Å²) in [5, 5.41) is 0.162. The van der Waals surface area contributed by atoms with Crippen molar-refractivity contribution in [3.05, 3.63) is 6.92 Å². The molecule has 0 nitrogen and oxygen atoms in total. The molecule has 3 heteroatoms. The van der Waals surface area contributed by atoms with Gasteiger partial charge in [0.15, 0.2) is 0 Å². The van der Waals surface area contributed by atoms with E-state index in [0.717, 1.165) is 19.3 Å². The average Bonchev–Trinajstić information content (AvgIpc) is 1.98. The number of rotatable bonds is 7. The molecule has 0 fully saturated rings. The SMILES string of the molecule is [CH2]C(Cl)CC(Cl)CC(Cl)CCCC. The predicted octanol–water partition coefficient (Wildman–Crippen LogP) is 4.61. The van der Waals surface area contributed by atoms with Crippen molar-refractivity contribution in [1.82, 2.24) is 0 Å². The van der Waals surface area contributed by atoms with Crippen LogP contribution in [0.15, 0.2) is 0 Å². The third-order valence-corrected chi connectivity index (χ3v) is 2.82. The number of unbranched alkanes of at least 4 members (excludes halogenated alkanes) is 1. The molecule has 0 aliphatic heterocycles. The zero-order valence-electron chi connectivity index (χ0n) is 8.11. The number of hydrogen-bond acceptors (Lipinski definition) is 0. The van der Waals surface area contributed by atoms with Gasteiger partial charge in [-0.05, 0) is 26.2 Å². The molecular formula is C10H18Cl3. The molecule has 0 amide bonds. The molecule has 0 rings (SSSR count). The van der Waals surface area contributed by atoms with Crippen molar-refractivity contribution in [2.24, 2.45) is 0 Å². The molecule has 3 unspecified atom stereocenters. The molecule has 0 bridgehead atoms. The first-order valence-electron chi connectivity index (χ1n) is 4.81. The Morgan fingerprint density at radius 2 is 1.69 bits per heavy atom. The highest BCUT2D eigenvalue weighted by atomic mass is 35.5. The first-order valence-corrected chi connectivity index (χ1v) is 6.12. The zero-order valence-corrected chi connectivity index (χ0v) is 10.4. The Balaban J connectivity index is 3.46. The van der Waals surface area contributed by atoms with Crippen LogP contribution in [0.25, 0.3) is 0 Å². The Morgan fingerprint density at radius 3 is 2.15 bits per heavy atom. The van der Waals surface area contributed by atoms with E-state index in [0.29, 0.717) is 0 Å². The Labute approximate surface area is 96.9 Å². The number of halogens is 3. The molecule has 0 heterocycles. The van der Waals surface area contributed by atoms with E-state index in [1.165, 1.54) is 12.8 Å². The lowest BCUT2D eigenvalue weighted by molar-refractivity contribution is 0.605. The first kappa shape index (κ1) is 13.9. The van der Waals surface area contributed by atoms with Crippen LogP contribution in [0.5, 0.6) is 0 Å². The highest BCUT2D eigenvalue weighted by Gasteiger charge is 2.13. The van der Waals surface area contributed by atoms with Gasteiger partial charge in [0.05, 0.1) is 0 Å². The van der Waals surface area contributed by atoms with Crippen molar-refractivity contribution in [3.63, 3.8) is 0 Å². The smallest absolute Gasteiger partial charge is 0.0364 e. The maximum Gasteiger partial charge on any atom is 0.0364 e. The molecule has 0 spiro atoms. The van der Waals surface area contributed by atoms with Crippen LogP contribution in [0.2, 0.25) is 0 Å². The molecule has 0 aliphatic rings. The first-order chi connectivity index (χ1) is 6.06. The lowest BCUT2D eigenvalue weighted by atomic mass is 10.1. The standard InChI is InChI=1S/C10H18Cl3/c1-3-4-5-9(12)7-10(13)6-8(2)11/h8-10H,2-7H2,1H3. The van der Waals surface area contributed by atoms with Crippen molar-refractivity contribution in [3.8, 4) is 0 Å². The normalized spacial score (nSPS) is 18.2. The summed E-state index contributed by atoms with van der Waals surface area (Å²) in [7, 11) is 0. The van der Waals surface area contributed by atoms with E-state index in [1.807, 2.05) is 0 Å². The lowest BCUT2D eigenvalue weighted by Crippen LogP contribution is -2.12.